The predicted molar refractivity (Wildman–Crippen MR) is 75.4 cm³/mol. The van der Waals surface area contributed by atoms with Crippen molar-refractivity contribution in [2.45, 2.75) is 26.9 Å². The van der Waals surface area contributed by atoms with E-state index in [4.69, 9.17) is 5.11 Å². The van der Waals surface area contributed by atoms with Crippen LogP contribution in [0.1, 0.15) is 29.8 Å². The second-order valence-corrected chi connectivity index (χ2v) is 5.86. The molecule has 0 radical (unpaired) electrons. The molecule has 0 aliphatic heterocycles. The van der Waals surface area contributed by atoms with E-state index in [1.165, 1.54) is 25.1 Å². The lowest BCUT2D eigenvalue weighted by atomic mass is 10.1. The van der Waals surface area contributed by atoms with Gasteiger partial charge in [-0.25, -0.2) is 14.3 Å². The molecule has 9 heteroatoms. The zero-order valence-corrected chi connectivity index (χ0v) is 12.5. The largest absolute Gasteiger partial charge is 0.478 e. The summed E-state index contributed by atoms with van der Waals surface area (Å²) in [7, 11) is -4.21. The van der Waals surface area contributed by atoms with Crippen molar-refractivity contribution in [2.75, 3.05) is 4.72 Å². The van der Waals surface area contributed by atoms with E-state index >= 15 is 0 Å². The van der Waals surface area contributed by atoms with Crippen LogP contribution < -0.4 is 9.44 Å². The maximum atomic E-state index is 11.8. The van der Waals surface area contributed by atoms with Gasteiger partial charge < -0.3 is 9.84 Å². The van der Waals surface area contributed by atoms with Gasteiger partial charge in [-0.1, -0.05) is 6.07 Å². The number of amides is 1. The van der Waals surface area contributed by atoms with Crippen molar-refractivity contribution in [1.29, 1.82) is 0 Å². The van der Waals surface area contributed by atoms with Crippen molar-refractivity contribution >= 4 is 28.0 Å². The fraction of sp³-hybridized carbons (Fsp3) is 0.333. The normalized spacial score (nSPS) is 11.0. The Labute approximate surface area is 122 Å². The quantitative estimate of drug-likeness (QED) is 0.756. The summed E-state index contributed by atoms with van der Waals surface area (Å²) in [4.78, 5) is 22.2. The van der Waals surface area contributed by atoms with Gasteiger partial charge in [0, 0.05) is 0 Å². The third-order valence-corrected chi connectivity index (χ3v) is 3.29. The number of ether oxygens (including phenoxy) is 1. The SMILES string of the molecule is Cc1c(NS(=O)(=O)NC(=O)OC(C)C)cccc1C(=O)O. The van der Waals surface area contributed by atoms with Crippen LogP contribution in [-0.2, 0) is 14.9 Å². The standard InChI is InChI=1S/C12H16N2O6S/c1-7(2)20-12(17)14-21(18,19)13-10-6-4-5-9(8(10)3)11(15)16/h4-7,13H,1-3H3,(H,14,17)(H,15,16). The van der Waals surface area contributed by atoms with Gasteiger partial charge >= 0.3 is 22.3 Å². The smallest absolute Gasteiger partial charge is 0.422 e. The van der Waals surface area contributed by atoms with E-state index in [0.717, 1.165) is 0 Å². The number of nitrogens with one attached hydrogen (secondary N) is 2. The molecule has 0 saturated carbocycles. The van der Waals surface area contributed by atoms with Gasteiger partial charge in [-0.15, -0.1) is 0 Å². The van der Waals surface area contributed by atoms with Crippen LogP contribution in [-0.4, -0.2) is 31.7 Å². The average Bonchev–Trinajstić information content (AvgIpc) is 2.28. The van der Waals surface area contributed by atoms with Gasteiger partial charge in [0.25, 0.3) is 0 Å². The first-order valence-electron chi connectivity index (χ1n) is 5.96. The Morgan fingerprint density at radius 1 is 1.29 bits per heavy atom. The van der Waals surface area contributed by atoms with Crippen LogP contribution in [0.4, 0.5) is 10.5 Å². The Morgan fingerprint density at radius 3 is 2.43 bits per heavy atom. The second kappa shape index (κ2) is 6.44. The number of carboxylic acid groups (broad SMARTS) is 1. The molecule has 116 valence electrons. The van der Waals surface area contributed by atoms with Crippen LogP contribution in [0, 0.1) is 6.92 Å². The Balaban J connectivity index is 2.92. The molecular weight excluding hydrogens is 300 g/mol. The lowest BCUT2D eigenvalue weighted by Crippen LogP contribution is -2.37. The summed E-state index contributed by atoms with van der Waals surface area (Å²) in [5.74, 6) is -1.18. The van der Waals surface area contributed by atoms with Crippen LogP contribution in [0.25, 0.3) is 0 Å². The van der Waals surface area contributed by atoms with Crippen LogP contribution >= 0.6 is 0 Å². The summed E-state index contributed by atoms with van der Waals surface area (Å²) >= 11 is 0. The first kappa shape index (κ1) is 16.8. The van der Waals surface area contributed by atoms with Gasteiger partial charge in [-0.05, 0) is 38.5 Å². The minimum absolute atomic E-state index is 0.0417. The Kier molecular flexibility index (Phi) is 5.14. The molecule has 21 heavy (non-hydrogen) atoms. The number of carbonyl (C=O) groups excluding carboxylic acids is 1. The van der Waals surface area contributed by atoms with E-state index < -0.39 is 28.4 Å². The van der Waals surface area contributed by atoms with Crippen molar-refractivity contribution in [3.8, 4) is 0 Å². The average molecular weight is 316 g/mol. The summed E-state index contributed by atoms with van der Waals surface area (Å²) in [5, 5.41) is 8.97. The van der Waals surface area contributed by atoms with Gasteiger partial charge in [0.15, 0.2) is 0 Å². The van der Waals surface area contributed by atoms with E-state index in [-0.39, 0.29) is 16.8 Å². The summed E-state index contributed by atoms with van der Waals surface area (Å²) in [6.45, 7) is 4.59. The molecule has 0 atom stereocenters. The number of hydrogen-bond donors (Lipinski definition) is 3. The molecule has 0 fully saturated rings. The molecule has 0 bridgehead atoms. The van der Waals surface area contributed by atoms with E-state index in [0.29, 0.717) is 0 Å². The number of rotatable bonds is 5. The molecule has 0 saturated heterocycles. The molecule has 0 aliphatic rings. The molecule has 1 aromatic rings. The molecule has 1 rings (SSSR count). The highest BCUT2D eigenvalue weighted by Gasteiger charge is 2.19. The third-order valence-electron chi connectivity index (χ3n) is 2.37. The number of carbonyl (C=O) groups is 2. The summed E-state index contributed by atoms with van der Waals surface area (Å²) < 4.78 is 31.9. The van der Waals surface area contributed by atoms with E-state index in [1.54, 1.807) is 18.6 Å². The topological polar surface area (TPSA) is 122 Å². The Morgan fingerprint density at radius 2 is 1.90 bits per heavy atom. The van der Waals surface area contributed by atoms with Crippen molar-refractivity contribution in [1.82, 2.24) is 4.72 Å². The highest BCUT2D eigenvalue weighted by Crippen LogP contribution is 2.19. The number of hydrogen-bond acceptors (Lipinski definition) is 5. The lowest BCUT2D eigenvalue weighted by molar-refractivity contribution is 0.0696. The molecule has 8 nitrogen and oxygen atoms in total. The molecule has 0 aliphatic carbocycles. The van der Waals surface area contributed by atoms with Crippen molar-refractivity contribution in [3.63, 3.8) is 0 Å². The minimum Gasteiger partial charge on any atom is -0.478 e. The number of benzene rings is 1. The summed E-state index contributed by atoms with van der Waals surface area (Å²) in [6.07, 6.45) is -1.60. The van der Waals surface area contributed by atoms with Crippen LogP contribution in [0.15, 0.2) is 18.2 Å². The highest BCUT2D eigenvalue weighted by molar-refractivity contribution is 7.91. The zero-order valence-electron chi connectivity index (χ0n) is 11.7. The molecule has 0 aromatic heterocycles. The first-order valence-corrected chi connectivity index (χ1v) is 7.45. The predicted octanol–water partition coefficient (Wildman–Crippen LogP) is 1.48. The summed E-state index contributed by atoms with van der Waals surface area (Å²) in [5.41, 5.74) is 0.243. The number of anilines is 1. The maximum absolute atomic E-state index is 11.8. The van der Waals surface area contributed by atoms with Gasteiger partial charge in [-0.3, -0.25) is 4.72 Å². The maximum Gasteiger partial charge on any atom is 0.422 e. The first-order chi connectivity index (χ1) is 9.62. The highest BCUT2D eigenvalue weighted by atomic mass is 32.2. The van der Waals surface area contributed by atoms with Crippen LogP contribution in [0.2, 0.25) is 0 Å². The van der Waals surface area contributed by atoms with Crippen LogP contribution in [0.3, 0.4) is 0 Å². The van der Waals surface area contributed by atoms with Crippen LogP contribution in [0.5, 0.6) is 0 Å². The fourth-order valence-electron chi connectivity index (χ4n) is 1.50. The van der Waals surface area contributed by atoms with Crippen molar-refractivity contribution in [3.05, 3.63) is 29.3 Å². The fourth-order valence-corrected chi connectivity index (χ4v) is 2.33. The molecule has 0 heterocycles. The van der Waals surface area contributed by atoms with E-state index in [9.17, 15) is 18.0 Å². The lowest BCUT2D eigenvalue weighted by Gasteiger charge is -2.13. The molecule has 3 N–H and O–H groups in total. The second-order valence-electron chi connectivity index (χ2n) is 4.44. The number of aromatic carboxylic acids is 1. The van der Waals surface area contributed by atoms with E-state index in [2.05, 4.69) is 9.46 Å². The van der Waals surface area contributed by atoms with Gasteiger partial charge in [-0.2, -0.15) is 8.42 Å². The van der Waals surface area contributed by atoms with Crippen molar-refractivity contribution in [2.24, 2.45) is 0 Å². The summed E-state index contributed by atoms with van der Waals surface area (Å²) in [6, 6.07) is 4.12. The molecule has 0 spiro atoms. The molecule has 0 unspecified atom stereocenters. The van der Waals surface area contributed by atoms with Gasteiger partial charge in [0.05, 0.1) is 17.4 Å². The molecule has 1 amide bonds. The Hall–Kier alpha value is -2.29. The zero-order chi connectivity index (χ0) is 16.2. The van der Waals surface area contributed by atoms with E-state index in [1.807, 2.05) is 0 Å². The van der Waals surface area contributed by atoms with Crippen molar-refractivity contribution < 1.29 is 27.9 Å². The monoisotopic (exact) mass is 316 g/mol. The Bertz CT molecular complexity index is 654. The third kappa shape index (κ3) is 4.95. The molecular formula is C12H16N2O6S. The minimum atomic E-state index is -4.21. The molecule has 1 aromatic carbocycles. The van der Waals surface area contributed by atoms with Gasteiger partial charge in [0.2, 0.25) is 0 Å². The van der Waals surface area contributed by atoms with Gasteiger partial charge in [0.1, 0.15) is 0 Å². The number of carboxylic acids is 1.